The molecular formula is C23H26F2O2. The molecule has 0 saturated heterocycles. The molecule has 0 spiro atoms. The van der Waals surface area contributed by atoms with Crippen LogP contribution in [0.4, 0.5) is 8.78 Å². The molecule has 2 aromatic carbocycles. The molecule has 1 N–H and O–H groups in total. The van der Waals surface area contributed by atoms with E-state index in [-0.39, 0.29) is 23.9 Å². The monoisotopic (exact) mass is 372 g/mol. The lowest BCUT2D eigenvalue weighted by molar-refractivity contribution is 0.108. The highest BCUT2D eigenvalue weighted by Gasteiger charge is 2.32. The summed E-state index contributed by atoms with van der Waals surface area (Å²) >= 11 is 0. The Morgan fingerprint density at radius 3 is 2.41 bits per heavy atom. The first-order chi connectivity index (χ1) is 13.1. The minimum Gasteiger partial charge on any atom is -0.491 e. The predicted octanol–water partition coefficient (Wildman–Crippen LogP) is 5.94. The molecule has 0 amide bonds. The summed E-state index contributed by atoms with van der Waals surface area (Å²) in [5, 5.41) is 10.6. The molecule has 1 saturated carbocycles. The highest BCUT2D eigenvalue weighted by molar-refractivity contribution is 5.78. The van der Waals surface area contributed by atoms with Gasteiger partial charge in [0.2, 0.25) is 0 Å². The van der Waals surface area contributed by atoms with Crippen molar-refractivity contribution in [2.45, 2.75) is 58.0 Å². The summed E-state index contributed by atoms with van der Waals surface area (Å²) in [6.07, 6.45) is 5.33. The second-order valence-corrected chi connectivity index (χ2v) is 7.77. The van der Waals surface area contributed by atoms with Gasteiger partial charge in [-0.15, -0.1) is 0 Å². The zero-order valence-electron chi connectivity index (χ0n) is 15.7. The van der Waals surface area contributed by atoms with Crippen LogP contribution in [0.25, 0.3) is 11.1 Å². The third-order valence-corrected chi connectivity index (χ3v) is 6.05. The van der Waals surface area contributed by atoms with Gasteiger partial charge in [-0.2, -0.15) is 0 Å². The Morgan fingerprint density at radius 2 is 1.70 bits per heavy atom. The number of benzene rings is 2. The van der Waals surface area contributed by atoms with Gasteiger partial charge in [0.25, 0.3) is 0 Å². The molecule has 1 fully saturated rings. The van der Waals surface area contributed by atoms with Crippen LogP contribution in [0.15, 0.2) is 24.3 Å². The van der Waals surface area contributed by atoms with E-state index in [4.69, 9.17) is 4.74 Å². The van der Waals surface area contributed by atoms with Gasteiger partial charge in [-0.05, 0) is 42.4 Å². The van der Waals surface area contributed by atoms with E-state index in [0.717, 1.165) is 49.7 Å². The van der Waals surface area contributed by atoms with Crippen molar-refractivity contribution in [3.05, 3.63) is 52.6 Å². The van der Waals surface area contributed by atoms with Gasteiger partial charge in [0.05, 0.1) is 12.7 Å². The summed E-state index contributed by atoms with van der Waals surface area (Å²) in [4.78, 5) is 0. The third-order valence-electron chi connectivity index (χ3n) is 6.05. The maximum atomic E-state index is 15.2. The number of aliphatic hydroxyl groups is 1. The first kappa shape index (κ1) is 18.4. The average molecular weight is 372 g/mol. The number of hydrogen-bond donors (Lipinski definition) is 1. The Hall–Kier alpha value is -1.94. The minimum absolute atomic E-state index is 0.122. The molecule has 0 aromatic heterocycles. The van der Waals surface area contributed by atoms with Gasteiger partial charge in [0, 0.05) is 23.1 Å². The average Bonchev–Trinajstić information content (AvgIpc) is 3.32. The van der Waals surface area contributed by atoms with E-state index in [0.29, 0.717) is 23.3 Å². The van der Waals surface area contributed by atoms with Crippen LogP contribution in [-0.2, 0) is 6.42 Å². The summed E-state index contributed by atoms with van der Waals surface area (Å²) in [7, 11) is 0. The van der Waals surface area contributed by atoms with Gasteiger partial charge in [-0.3, -0.25) is 0 Å². The van der Waals surface area contributed by atoms with E-state index in [1.54, 1.807) is 12.1 Å². The SMILES string of the molecule is CCCCOc1ccc2c(c1F)Cc1c-2ccc(C(O)C2CCCC2)c1F. The molecule has 0 bridgehead atoms. The van der Waals surface area contributed by atoms with E-state index in [1.807, 2.05) is 12.1 Å². The van der Waals surface area contributed by atoms with E-state index in [2.05, 4.69) is 6.92 Å². The lowest BCUT2D eigenvalue weighted by Gasteiger charge is -2.20. The van der Waals surface area contributed by atoms with Gasteiger partial charge in [0.15, 0.2) is 11.6 Å². The van der Waals surface area contributed by atoms with Gasteiger partial charge in [-0.25, -0.2) is 8.78 Å². The molecule has 1 atom stereocenters. The van der Waals surface area contributed by atoms with Gasteiger partial charge in [-0.1, -0.05) is 44.4 Å². The fourth-order valence-corrected chi connectivity index (χ4v) is 4.46. The summed E-state index contributed by atoms with van der Waals surface area (Å²) in [6, 6.07) is 6.96. The van der Waals surface area contributed by atoms with Crippen LogP contribution < -0.4 is 4.74 Å². The molecule has 2 nitrogen and oxygen atoms in total. The fourth-order valence-electron chi connectivity index (χ4n) is 4.46. The second kappa shape index (κ2) is 7.59. The quantitative estimate of drug-likeness (QED) is 0.543. The van der Waals surface area contributed by atoms with Crippen molar-refractivity contribution in [1.82, 2.24) is 0 Å². The van der Waals surface area contributed by atoms with Crippen LogP contribution in [0.1, 0.15) is 68.2 Å². The van der Waals surface area contributed by atoms with E-state index in [9.17, 15) is 9.50 Å². The smallest absolute Gasteiger partial charge is 0.169 e. The number of ether oxygens (including phenoxy) is 1. The molecule has 2 aliphatic carbocycles. The molecular weight excluding hydrogens is 346 g/mol. The number of aliphatic hydroxyl groups excluding tert-OH is 1. The van der Waals surface area contributed by atoms with Crippen molar-refractivity contribution < 1.29 is 18.6 Å². The molecule has 0 radical (unpaired) electrons. The lowest BCUT2D eigenvalue weighted by atomic mass is 9.91. The number of rotatable bonds is 6. The van der Waals surface area contributed by atoms with Crippen LogP contribution in [0, 0.1) is 17.6 Å². The molecule has 2 aliphatic rings. The van der Waals surface area contributed by atoms with Crippen molar-refractivity contribution in [3.8, 4) is 16.9 Å². The number of fused-ring (bicyclic) bond motifs is 3. The standard InChI is InChI=1S/C23H26F2O2/c1-2-3-12-27-20-11-10-16-15-8-9-17(23(26)14-6-4-5-7-14)21(24)18(15)13-19(16)22(20)25/h8-11,14,23,26H,2-7,12-13H2,1H3. The van der Waals surface area contributed by atoms with Crippen LogP contribution in [-0.4, -0.2) is 11.7 Å². The van der Waals surface area contributed by atoms with Crippen LogP contribution in [0.2, 0.25) is 0 Å². The highest BCUT2D eigenvalue weighted by Crippen LogP contribution is 2.44. The van der Waals surface area contributed by atoms with Gasteiger partial charge >= 0.3 is 0 Å². The Bertz CT molecular complexity index is 841. The zero-order valence-corrected chi connectivity index (χ0v) is 15.7. The second-order valence-electron chi connectivity index (χ2n) is 7.77. The molecule has 144 valence electrons. The lowest BCUT2D eigenvalue weighted by Crippen LogP contribution is -2.11. The Kier molecular flexibility index (Phi) is 5.18. The Balaban J connectivity index is 1.64. The maximum Gasteiger partial charge on any atom is 0.169 e. The third kappa shape index (κ3) is 3.25. The number of unbranched alkanes of at least 4 members (excludes halogenated alkanes) is 1. The predicted molar refractivity (Wildman–Crippen MR) is 102 cm³/mol. The van der Waals surface area contributed by atoms with Crippen molar-refractivity contribution >= 4 is 0 Å². The van der Waals surface area contributed by atoms with Crippen LogP contribution in [0.5, 0.6) is 5.75 Å². The molecule has 2 aromatic rings. The van der Waals surface area contributed by atoms with E-state index in [1.165, 1.54) is 0 Å². The minimum atomic E-state index is -0.778. The van der Waals surface area contributed by atoms with E-state index < -0.39 is 11.9 Å². The van der Waals surface area contributed by atoms with Crippen molar-refractivity contribution in [3.63, 3.8) is 0 Å². The normalized spacial score (nSPS) is 17.0. The Morgan fingerprint density at radius 1 is 1.04 bits per heavy atom. The first-order valence-corrected chi connectivity index (χ1v) is 10.1. The van der Waals surface area contributed by atoms with Gasteiger partial charge < -0.3 is 9.84 Å². The highest BCUT2D eigenvalue weighted by atomic mass is 19.1. The molecule has 4 heteroatoms. The largest absolute Gasteiger partial charge is 0.491 e. The molecule has 27 heavy (non-hydrogen) atoms. The van der Waals surface area contributed by atoms with Crippen LogP contribution >= 0.6 is 0 Å². The van der Waals surface area contributed by atoms with Crippen LogP contribution in [0.3, 0.4) is 0 Å². The van der Waals surface area contributed by atoms with Crippen molar-refractivity contribution in [1.29, 1.82) is 0 Å². The Labute approximate surface area is 159 Å². The maximum absolute atomic E-state index is 15.2. The topological polar surface area (TPSA) is 29.5 Å². The number of halogens is 2. The van der Waals surface area contributed by atoms with Crippen molar-refractivity contribution in [2.75, 3.05) is 6.61 Å². The summed E-state index contributed by atoms with van der Waals surface area (Å²) in [6.45, 7) is 2.53. The summed E-state index contributed by atoms with van der Waals surface area (Å²) < 4.78 is 35.7. The molecule has 0 aliphatic heterocycles. The molecule has 4 rings (SSSR count). The van der Waals surface area contributed by atoms with Gasteiger partial charge in [0.1, 0.15) is 5.82 Å². The van der Waals surface area contributed by atoms with E-state index >= 15 is 4.39 Å². The fraction of sp³-hybridized carbons (Fsp3) is 0.478. The molecule has 0 heterocycles. The zero-order chi connectivity index (χ0) is 19.0. The first-order valence-electron chi connectivity index (χ1n) is 10.1. The summed E-state index contributed by atoms with van der Waals surface area (Å²) in [5.41, 5.74) is 2.79. The number of hydrogen-bond acceptors (Lipinski definition) is 2. The molecule has 1 unspecified atom stereocenters. The summed E-state index contributed by atoms with van der Waals surface area (Å²) in [5.74, 6) is -0.411. The van der Waals surface area contributed by atoms with Crippen molar-refractivity contribution in [2.24, 2.45) is 5.92 Å².